The molecule has 3 amide bonds. The summed E-state index contributed by atoms with van der Waals surface area (Å²) in [6.45, 7) is 7.93. The number of hydrogen-bond acceptors (Lipinski definition) is 6. The summed E-state index contributed by atoms with van der Waals surface area (Å²) in [7, 11) is 0. The van der Waals surface area contributed by atoms with Crippen molar-refractivity contribution in [1.82, 2.24) is 19.8 Å². The molecule has 9 nitrogen and oxygen atoms in total. The van der Waals surface area contributed by atoms with Gasteiger partial charge in [0.25, 0.3) is 11.5 Å². The van der Waals surface area contributed by atoms with Crippen molar-refractivity contribution >= 4 is 34.5 Å². The molecule has 2 unspecified atom stereocenters. The van der Waals surface area contributed by atoms with Gasteiger partial charge in [0.2, 0.25) is 4.80 Å². The maximum Gasteiger partial charge on any atom is 0.323 e. The molecule has 10 heteroatoms. The largest absolute Gasteiger partial charge is 0.323 e. The molecule has 3 aliphatic heterocycles. The van der Waals surface area contributed by atoms with E-state index >= 15 is 0 Å². The van der Waals surface area contributed by atoms with E-state index in [4.69, 9.17) is 0 Å². The lowest BCUT2D eigenvalue weighted by molar-refractivity contribution is -0.113. The summed E-state index contributed by atoms with van der Waals surface area (Å²) >= 11 is 1.22. The molecule has 1 saturated heterocycles. The van der Waals surface area contributed by atoms with E-state index in [0.717, 1.165) is 43.4 Å². The third-order valence-corrected chi connectivity index (χ3v) is 7.92. The molecule has 1 aromatic heterocycles. The second kappa shape index (κ2) is 9.49. The van der Waals surface area contributed by atoms with Crippen LogP contribution in [0.5, 0.6) is 0 Å². The maximum absolute atomic E-state index is 13.9. The zero-order valence-electron chi connectivity index (χ0n) is 20.5. The molecule has 186 valence electrons. The molecule has 3 aliphatic rings. The van der Waals surface area contributed by atoms with Crippen molar-refractivity contribution in [2.24, 2.45) is 5.10 Å². The van der Waals surface area contributed by atoms with Crippen molar-refractivity contribution in [3.63, 3.8) is 0 Å². The highest BCUT2D eigenvalue weighted by molar-refractivity contribution is 7.07. The molecule has 5 rings (SSSR count). The summed E-state index contributed by atoms with van der Waals surface area (Å²) in [4.78, 5) is 46.6. The van der Waals surface area contributed by atoms with E-state index in [1.54, 1.807) is 19.3 Å². The summed E-state index contributed by atoms with van der Waals surface area (Å²) in [5.41, 5.74) is 4.95. The molecular formula is C25H32N6O3S. The number of carbonyl (C=O) groups excluding carboxylic acids is 2. The number of urea groups is 1. The minimum atomic E-state index is -0.494. The van der Waals surface area contributed by atoms with Crippen LogP contribution in [0.4, 0.5) is 10.5 Å². The molecule has 0 aliphatic carbocycles. The van der Waals surface area contributed by atoms with E-state index in [-0.39, 0.29) is 17.5 Å². The number of aromatic nitrogens is 1. The topological polar surface area (TPSA) is 90.2 Å². The van der Waals surface area contributed by atoms with Gasteiger partial charge in [-0.3, -0.25) is 29.4 Å². The number of benzene rings is 1. The van der Waals surface area contributed by atoms with Crippen LogP contribution in [0.2, 0.25) is 0 Å². The number of nitrogens with zero attached hydrogens (tertiary/aromatic N) is 5. The van der Waals surface area contributed by atoms with Gasteiger partial charge < -0.3 is 4.90 Å². The number of amides is 3. The first-order chi connectivity index (χ1) is 17.0. The number of fused-ring (bicyclic) bond motifs is 4. The molecule has 4 heterocycles. The lowest BCUT2D eigenvalue weighted by Crippen LogP contribution is -2.53. The highest BCUT2D eigenvalue weighted by atomic mass is 32.1. The molecule has 1 aromatic carbocycles. The van der Waals surface area contributed by atoms with E-state index in [9.17, 15) is 14.4 Å². The van der Waals surface area contributed by atoms with Crippen molar-refractivity contribution < 1.29 is 9.59 Å². The number of anilines is 1. The monoisotopic (exact) mass is 496 g/mol. The summed E-state index contributed by atoms with van der Waals surface area (Å²) in [5, 5.41) is 4.48. The predicted molar refractivity (Wildman–Crippen MR) is 136 cm³/mol. The Bertz CT molecular complexity index is 1330. The molecule has 35 heavy (non-hydrogen) atoms. The van der Waals surface area contributed by atoms with Crippen LogP contribution in [0, 0.1) is 0 Å². The van der Waals surface area contributed by atoms with Gasteiger partial charge in [0.1, 0.15) is 4.53 Å². The SMILES string of the molecule is CCCCCN1C(=O)/C(=c2\sc3n(c2=O)C2C(NN=3)N(CCC)C(=O)N2CCC)c2ccccc21. The Kier molecular flexibility index (Phi) is 6.39. The van der Waals surface area contributed by atoms with Crippen LogP contribution in [-0.4, -0.2) is 52.1 Å². The summed E-state index contributed by atoms with van der Waals surface area (Å²) in [5.74, 6) is -0.136. The Morgan fingerprint density at radius 1 is 0.943 bits per heavy atom. The fourth-order valence-corrected chi connectivity index (χ4v) is 6.36. The average Bonchev–Trinajstić information content (AvgIpc) is 3.43. The quantitative estimate of drug-likeness (QED) is 0.567. The van der Waals surface area contributed by atoms with Crippen LogP contribution in [0.3, 0.4) is 0 Å². The van der Waals surface area contributed by atoms with E-state index in [1.807, 2.05) is 38.1 Å². The Balaban J connectivity index is 1.66. The summed E-state index contributed by atoms with van der Waals surface area (Å²) in [6.07, 6.45) is 3.70. The first kappa shape index (κ1) is 23.6. The van der Waals surface area contributed by atoms with Gasteiger partial charge in [0.15, 0.2) is 12.3 Å². The van der Waals surface area contributed by atoms with Crippen LogP contribution < -0.4 is 25.2 Å². The van der Waals surface area contributed by atoms with Crippen LogP contribution in [0.15, 0.2) is 34.2 Å². The molecule has 0 spiro atoms. The summed E-state index contributed by atoms with van der Waals surface area (Å²) in [6, 6.07) is 7.59. The van der Waals surface area contributed by atoms with Crippen molar-refractivity contribution in [3.8, 4) is 0 Å². The van der Waals surface area contributed by atoms with Crippen LogP contribution in [0.25, 0.3) is 5.57 Å². The number of para-hydroxylation sites is 1. The fraction of sp³-hybridized carbons (Fsp3) is 0.520. The van der Waals surface area contributed by atoms with E-state index < -0.39 is 12.3 Å². The number of hydrogen-bond donors (Lipinski definition) is 1. The Morgan fingerprint density at radius 3 is 2.43 bits per heavy atom. The molecule has 1 N–H and O–H groups in total. The van der Waals surface area contributed by atoms with Crippen molar-refractivity contribution in [2.45, 2.75) is 65.2 Å². The first-order valence-electron chi connectivity index (χ1n) is 12.6. The zero-order chi connectivity index (χ0) is 24.7. The minimum Gasteiger partial charge on any atom is -0.308 e. The predicted octanol–water partition coefficient (Wildman–Crippen LogP) is 2.17. The van der Waals surface area contributed by atoms with Crippen molar-refractivity contribution in [3.05, 3.63) is 49.5 Å². The second-order valence-electron chi connectivity index (χ2n) is 9.21. The number of thiazole rings is 1. The van der Waals surface area contributed by atoms with Gasteiger partial charge in [-0.15, -0.1) is 5.10 Å². The second-order valence-corrected chi connectivity index (χ2v) is 10.2. The molecule has 2 aromatic rings. The molecular weight excluding hydrogens is 464 g/mol. The standard InChI is InChI=1S/C25H32N6O3S/c1-4-7-10-15-28-17-12-9-8-11-16(17)18(22(28)32)19-23(33)31-21-20(26-27-24(31)35-19)29(13-5-2)25(34)30(21)14-6-3/h8-9,11-12,20-21,26H,4-7,10,13-15H2,1-3H3/b19-18-. The number of nitrogens with one attached hydrogen (secondary N) is 1. The van der Waals surface area contributed by atoms with Crippen LogP contribution in [0.1, 0.15) is 64.6 Å². The van der Waals surface area contributed by atoms with Crippen LogP contribution in [-0.2, 0) is 4.79 Å². The van der Waals surface area contributed by atoms with Gasteiger partial charge in [-0.05, 0) is 25.3 Å². The van der Waals surface area contributed by atoms with Gasteiger partial charge in [-0.25, -0.2) is 4.79 Å². The number of unbranched alkanes of at least 4 members (excludes halogenated alkanes) is 2. The number of rotatable bonds is 8. The fourth-order valence-electron chi connectivity index (χ4n) is 5.30. The first-order valence-corrected chi connectivity index (χ1v) is 13.4. The van der Waals surface area contributed by atoms with Gasteiger partial charge in [0.05, 0.1) is 11.3 Å². The van der Waals surface area contributed by atoms with Crippen molar-refractivity contribution in [1.29, 1.82) is 0 Å². The third kappa shape index (κ3) is 3.65. The third-order valence-electron chi connectivity index (χ3n) is 6.86. The molecule has 0 radical (unpaired) electrons. The van der Waals surface area contributed by atoms with E-state index in [2.05, 4.69) is 17.5 Å². The zero-order valence-corrected chi connectivity index (χ0v) is 21.3. The highest BCUT2D eigenvalue weighted by Gasteiger charge is 2.49. The normalized spacial score (nSPS) is 22.2. The maximum atomic E-state index is 13.9. The Morgan fingerprint density at radius 2 is 1.69 bits per heavy atom. The lowest BCUT2D eigenvalue weighted by Gasteiger charge is -2.30. The Labute approximate surface area is 208 Å². The molecule has 0 saturated carbocycles. The van der Waals surface area contributed by atoms with Gasteiger partial charge in [-0.1, -0.05) is 63.1 Å². The van der Waals surface area contributed by atoms with Crippen LogP contribution >= 0.6 is 11.3 Å². The van der Waals surface area contributed by atoms with Gasteiger partial charge in [-0.2, -0.15) is 0 Å². The Hall–Kier alpha value is -3.14. The minimum absolute atomic E-state index is 0.0871. The molecule has 2 atom stereocenters. The van der Waals surface area contributed by atoms with Crippen molar-refractivity contribution in [2.75, 3.05) is 24.5 Å². The lowest BCUT2D eigenvalue weighted by atomic mass is 10.1. The van der Waals surface area contributed by atoms with Gasteiger partial charge >= 0.3 is 6.03 Å². The van der Waals surface area contributed by atoms with E-state index in [0.29, 0.717) is 34.5 Å². The number of carbonyl (C=O) groups is 2. The van der Waals surface area contributed by atoms with E-state index in [1.165, 1.54) is 11.3 Å². The average molecular weight is 497 g/mol. The smallest absolute Gasteiger partial charge is 0.308 e. The highest BCUT2D eigenvalue weighted by Crippen LogP contribution is 2.35. The molecule has 1 fully saturated rings. The summed E-state index contributed by atoms with van der Waals surface area (Å²) < 4.78 is 2.01. The van der Waals surface area contributed by atoms with Gasteiger partial charge in [0, 0.05) is 25.2 Å². The molecule has 0 bridgehead atoms.